The average Bonchev–Trinajstić information content (AvgIpc) is 3.11. The molecular formula is C23H27N3O2. The van der Waals surface area contributed by atoms with E-state index in [9.17, 15) is 9.59 Å². The molecule has 2 aromatic carbocycles. The van der Waals surface area contributed by atoms with Crippen molar-refractivity contribution in [3.63, 3.8) is 0 Å². The van der Waals surface area contributed by atoms with Crippen molar-refractivity contribution in [3.05, 3.63) is 53.6 Å². The summed E-state index contributed by atoms with van der Waals surface area (Å²) in [5.41, 5.74) is 5.19. The van der Waals surface area contributed by atoms with Crippen molar-refractivity contribution in [2.75, 3.05) is 28.2 Å². The van der Waals surface area contributed by atoms with Gasteiger partial charge in [0.25, 0.3) is 0 Å². The fourth-order valence-electron chi connectivity index (χ4n) is 4.30. The third kappa shape index (κ3) is 3.49. The van der Waals surface area contributed by atoms with Crippen LogP contribution in [-0.4, -0.2) is 30.9 Å². The molecule has 0 aromatic heterocycles. The molecule has 146 valence electrons. The van der Waals surface area contributed by atoms with E-state index >= 15 is 0 Å². The summed E-state index contributed by atoms with van der Waals surface area (Å²) >= 11 is 0. The molecule has 0 spiro atoms. The van der Waals surface area contributed by atoms with Gasteiger partial charge in [0.15, 0.2) is 0 Å². The van der Waals surface area contributed by atoms with E-state index < -0.39 is 0 Å². The number of carbonyl (C=O) groups excluding carboxylic acids is 2. The third-order valence-electron chi connectivity index (χ3n) is 5.80. The molecule has 28 heavy (non-hydrogen) atoms. The van der Waals surface area contributed by atoms with Crippen LogP contribution in [0.4, 0.5) is 17.1 Å². The first-order valence-corrected chi connectivity index (χ1v) is 10.1. The molecule has 2 aromatic rings. The first-order valence-electron chi connectivity index (χ1n) is 10.1. The molecule has 5 nitrogen and oxygen atoms in total. The second kappa shape index (κ2) is 7.66. The van der Waals surface area contributed by atoms with Crippen molar-refractivity contribution in [2.24, 2.45) is 0 Å². The zero-order valence-corrected chi connectivity index (χ0v) is 16.6. The predicted octanol–water partition coefficient (Wildman–Crippen LogP) is 3.90. The van der Waals surface area contributed by atoms with E-state index in [1.165, 1.54) is 5.56 Å². The van der Waals surface area contributed by atoms with Crippen LogP contribution in [0.3, 0.4) is 0 Å². The van der Waals surface area contributed by atoms with Crippen LogP contribution in [0, 0.1) is 6.92 Å². The maximum absolute atomic E-state index is 13.0. The lowest BCUT2D eigenvalue weighted by Gasteiger charge is -2.35. The second-order valence-corrected chi connectivity index (χ2v) is 7.78. The number of para-hydroxylation sites is 1. The summed E-state index contributed by atoms with van der Waals surface area (Å²) in [6.45, 7) is 5.16. The molecule has 0 bridgehead atoms. The van der Waals surface area contributed by atoms with Crippen molar-refractivity contribution < 1.29 is 9.59 Å². The average molecular weight is 377 g/mol. The minimum atomic E-state index is 0.0797. The van der Waals surface area contributed by atoms with Gasteiger partial charge in [-0.2, -0.15) is 0 Å². The first kappa shape index (κ1) is 18.5. The number of carbonyl (C=O) groups is 2. The summed E-state index contributed by atoms with van der Waals surface area (Å²) in [6.07, 6.45) is 3.55. The molecule has 2 heterocycles. The topological polar surface area (TPSA) is 52.7 Å². The van der Waals surface area contributed by atoms with Crippen LogP contribution in [0.5, 0.6) is 0 Å². The highest BCUT2D eigenvalue weighted by Crippen LogP contribution is 2.31. The standard InChI is InChI=1S/C23H27N3O2/c1-16-14-19(11-12-20(16)25-13-5-8-22(25)27)24-15-23(28)26-17(2)9-10-18-6-3-4-7-21(18)26/h3-4,6-7,11-12,14,17,24H,5,8-10,13,15H2,1-2H3/t17-/m1/s1. The van der Waals surface area contributed by atoms with Crippen LogP contribution in [-0.2, 0) is 16.0 Å². The van der Waals surface area contributed by atoms with Gasteiger partial charge in [0.2, 0.25) is 11.8 Å². The summed E-state index contributed by atoms with van der Waals surface area (Å²) < 4.78 is 0. The van der Waals surface area contributed by atoms with Crippen LogP contribution in [0.1, 0.15) is 37.3 Å². The molecule has 1 saturated heterocycles. The highest BCUT2D eigenvalue weighted by Gasteiger charge is 2.28. The van der Waals surface area contributed by atoms with Gasteiger partial charge in [0.1, 0.15) is 0 Å². The largest absolute Gasteiger partial charge is 0.376 e. The molecule has 2 aliphatic rings. The SMILES string of the molecule is Cc1cc(NCC(=O)N2c3ccccc3CC[C@H]2C)ccc1N1CCCC1=O. The first-order chi connectivity index (χ1) is 13.5. The lowest BCUT2D eigenvalue weighted by molar-refractivity contribution is -0.118. The number of amides is 2. The molecular weight excluding hydrogens is 350 g/mol. The number of hydrogen-bond acceptors (Lipinski definition) is 3. The van der Waals surface area contributed by atoms with Crippen LogP contribution < -0.4 is 15.1 Å². The molecule has 2 aliphatic heterocycles. The fourth-order valence-corrected chi connectivity index (χ4v) is 4.30. The Morgan fingerprint density at radius 1 is 1.14 bits per heavy atom. The van der Waals surface area contributed by atoms with E-state index in [1.54, 1.807) is 0 Å². The van der Waals surface area contributed by atoms with Crippen LogP contribution in [0.25, 0.3) is 0 Å². The van der Waals surface area contributed by atoms with Crippen molar-refractivity contribution in [1.82, 2.24) is 0 Å². The molecule has 1 N–H and O–H groups in total. The number of hydrogen-bond donors (Lipinski definition) is 1. The number of nitrogens with zero attached hydrogens (tertiary/aromatic N) is 2. The van der Waals surface area contributed by atoms with Gasteiger partial charge in [-0.3, -0.25) is 9.59 Å². The zero-order chi connectivity index (χ0) is 19.7. The summed E-state index contributed by atoms with van der Waals surface area (Å²) in [5.74, 6) is 0.271. The number of benzene rings is 2. The number of rotatable bonds is 4. The Labute approximate surface area is 166 Å². The summed E-state index contributed by atoms with van der Waals surface area (Å²) in [6, 6.07) is 14.3. The summed E-state index contributed by atoms with van der Waals surface area (Å²) in [5, 5.41) is 3.27. The predicted molar refractivity (Wildman–Crippen MR) is 113 cm³/mol. The van der Waals surface area contributed by atoms with Gasteiger partial charge in [-0.1, -0.05) is 18.2 Å². The van der Waals surface area contributed by atoms with Crippen molar-refractivity contribution >= 4 is 28.9 Å². The van der Waals surface area contributed by atoms with Gasteiger partial charge in [-0.05, 0) is 68.5 Å². The Kier molecular flexibility index (Phi) is 5.07. The summed E-state index contributed by atoms with van der Waals surface area (Å²) in [4.78, 5) is 28.7. The maximum atomic E-state index is 13.0. The normalized spacial score (nSPS) is 18.9. The number of nitrogens with one attached hydrogen (secondary N) is 1. The molecule has 0 unspecified atom stereocenters. The monoisotopic (exact) mass is 377 g/mol. The third-order valence-corrected chi connectivity index (χ3v) is 5.80. The van der Waals surface area contributed by atoms with Crippen molar-refractivity contribution in [2.45, 2.75) is 45.6 Å². The molecule has 2 amide bonds. The molecule has 0 radical (unpaired) electrons. The van der Waals surface area contributed by atoms with E-state index in [0.717, 1.165) is 48.4 Å². The Morgan fingerprint density at radius 2 is 1.96 bits per heavy atom. The zero-order valence-electron chi connectivity index (χ0n) is 16.6. The van der Waals surface area contributed by atoms with Gasteiger partial charge in [-0.15, -0.1) is 0 Å². The quantitative estimate of drug-likeness (QED) is 0.879. The van der Waals surface area contributed by atoms with Gasteiger partial charge < -0.3 is 15.1 Å². The molecule has 4 rings (SSSR count). The Hall–Kier alpha value is -2.82. The van der Waals surface area contributed by atoms with Gasteiger partial charge in [0.05, 0.1) is 6.54 Å². The molecule has 1 atom stereocenters. The van der Waals surface area contributed by atoms with Crippen LogP contribution in [0.2, 0.25) is 0 Å². The number of fused-ring (bicyclic) bond motifs is 1. The summed E-state index contributed by atoms with van der Waals surface area (Å²) in [7, 11) is 0. The van der Waals surface area contributed by atoms with E-state index in [2.05, 4.69) is 18.3 Å². The van der Waals surface area contributed by atoms with Gasteiger partial charge in [0, 0.05) is 36.1 Å². The molecule has 1 fully saturated rings. The van der Waals surface area contributed by atoms with Crippen LogP contribution >= 0.6 is 0 Å². The minimum Gasteiger partial charge on any atom is -0.376 e. The lowest BCUT2D eigenvalue weighted by Crippen LogP contribution is -2.44. The van der Waals surface area contributed by atoms with Gasteiger partial charge >= 0.3 is 0 Å². The lowest BCUT2D eigenvalue weighted by atomic mass is 9.96. The van der Waals surface area contributed by atoms with E-state index in [1.807, 2.05) is 53.1 Å². The maximum Gasteiger partial charge on any atom is 0.246 e. The van der Waals surface area contributed by atoms with Crippen LogP contribution in [0.15, 0.2) is 42.5 Å². The smallest absolute Gasteiger partial charge is 0.246 e. The van der Waals surface area contributed by atoms with Gasteiger partial charge in [-0.25, -0.2) is 0 Å². The number of aryl methyl sites for hydroxylation is 2. The highest BCUT2D eigenvalue weighted by atomic mass is 16.2. The molecule has 0 saturated carbocycles. The molecule has 0 aliphatic carbocycles. The Morgan fingerprint density at radius 3 is 2.71 bits per heavy atom. The van der Waals surface area contributed by atoms with Crippen molar-refractivity contribution in [3.8, 4) is 0 Å². The minimum absolute atomic E-state index is 0.0797. The highest BCUT2D eigenvalue weighted by molar-refractivity contribution is 5.98. The Bertz CT molecular complexity index is 908. The Balaban J connectivity index is 1.45. The van der Waals surface area contributed by atoms with Crippen molar-refractivity contribution in [1.29, 1.82) is 0 Å². The second-order valence-electron chi connectivity index (χ2n) is 7.78. The molecule has 5 heteroatoms. The number of anilines is 3. The fraction of sp³-hybridized carbons (Fsp3) is 0.391. The van der Waals surface area contributed by atoms with E-state index in [-0.39, 0.29) is 24.4 Å². The van der Waals surface area contributed by atoms with E-state index in [4.69, 9.17) is 0 Å². The van der Waals surface area contributed by atoms with E-state index in [0.29, 0.717) is 6.42 Å².